The highest BCUT2D eigenvalue weighted by atomic mass is 35.5. The van der Waals surface area contributed by atoms with E-state index in [1.807, 2.05) is 0 Å². The molecule has 1 atom stereocenters. The number of carbonyl (C=O) groups is 3. The van der Waals surface area contributed by atoms with Crippen molar-refractivity contribution in [2.75, 3.05) is 7.11 Å². The van der Waals surface area contributed by atoms with Crippen molar-refractivity contribution >= 4 is 29.4 Å². The number of nitrogens with one attached hydrogen (secondary N) is 1. The molecule has 0 saturated carbocycles. The van der Waals surface area contributed by atoms with Gasteiger partial charge in [0.2, 0.25) is 0 Å². The third kappa shape index (κ3) is 4.81. The average Bonchev–Trinajstić information content (AvgIpc) is 2.43. The van der Waals surface area contributed by atoms with E-state index in [1.165, 1.54) is 13.3 Å². The fourth-order valence-electron chi connectivity index (χ4n) is 1.28. The molecule has 0 fully saturated rings. The summed E-state index contributed by atoms with van der Waals surface area (Å²) in [5, 5.41) is 11.3. The Kier molecular flexibility index (Phi) is 5.85. The van der Waals surface area contributed by atoms with Crippen LogP contribution in [-0.2, 0) is 14.3 Å². The minimum Gasteiger partial charge on any atom is -0.480 e. The molecule has 108 valence electrons. The van der Waals surface area contributed by atoms with Crippen molar-refractivity contribution < 1.29 is 24.2 Å². The Morgan fingerprint density at radius 1 is 1.40 bits per heavy atom. The van der Waals surface area contributed by atoms with Crippen LogP contribution < -0.4 is 5.32 Å². The van der Waals surface area contributed by atoms with E-state index in [4.69, 9.17) is 16.7 Å². The summed E-state index contributed by atoms with van der Waals surface area (Å²) in [4.78, 5) is 41.1. The molecule has 0 bridgehead atoms. The van der Waals surface area contributed by atoms with E-state index in [0.717, 1.165) is 6.20 Å². The van der Waals surface area contributed by atoms with E-state index in [-0.39, 0.29) is 23.7 Å². The standard InChI is InChI=1S/C11H12ClN3O5/c1-20-9(16)3-2-6(11(18)19)15-10(17)7-4-14-8(12)5-13-7/h4-6H,2-3H2,1H3,(H,15,17)(H,18,19)/t6-/m1/s1. The van der Waals surface area contributed by atoms with Gasteiger partial charge in [0.15, 0.2) is 0 Å². The maximum Gasteiger partial charge on any atom is 0.326 e. The van der Waals surface area contributed by atoms with Crippen LogP contribution in [0.15, 0.2) is 12.4 Å². The Morgan fingerprint density at radius 2 is 2.10 bits per heavy atom. The van der Waals surface area contributed by atoms with E-state index in [2.05, 4.69) is 20.0 Å². The average molecular weight is 302 g/mol. The van der Waals surface area contributed by atoms with Crippen LogP contribution in [-0.4, -0.2) is 46.1 Å². The maximum absolute atomic E-state index is 11.7. The summed E-state index contributed by atoms with van der Waals surface area (Å²) in [5.74, 6) is -2.53. The molecule has 1 aromatic rings. The second-order valence-electron chi connectivity index (χ2n) is 3.70. The number of amides is 1. The summed E-state index contributed by atoms with van der Waals surface area (Å²) in [6.07, 6.45) is 2.08. The Hall–Kier alpha value is -2.22. The molecule has 0 aliphatic rings. The van der Waals surface area contributed by atoms with E-state index >= 15 is 0 Å². The van der Waals surface area contributed by atoms with E-state index in [1.54, 1.807) is 0 Å². The van der Waals surface area contributed by atoms with Crippen LogP contribution in [0.5, 0.6) is 0 Å². The van der Waals surface area contributed by atoms with Crippen LogP contribution >= 0.6 is 11.6 Å². The number of aliphatic carboxylic acids is 1. The normalized spacial score (nSPS) is 11.5. The predicted octanol–water partition coefficient (Wildman–Crippen LogP) is 0.266. The molecular formula is C11H12ClN3O5. The summed E-state index contributed by atoms with van der Waals surface area (Å²) >= 11 is 5.52. The van der Waals surface area contributed by atoms with Gasteiger partial charge >= 0.3 is 11.9 Å². The fourth-order valence-corrected chi connectivity index (χ4v) is 1.38. The molecule has 0 spiro atoms. The Balaban J connectivity index is 2.65. The fraction of sp³-hybridized carbons (Fsp3) is 0.364. The van der Waals surface area contributed by atoms with Crippen LogP contribution in [0, 0.1) is 0 Å². The number of carboxylic acid groups (broad SMARTS) is 1. The number of esters is 1. The smallest absolute Gasteiger partial charge is 0.326 e. The van der Waals surface area contributed by atoms with Gasteiger partial charge in [0, 0.05) is 6.42 Å². The van der Waals surface area contributed by atoms with Gasteiger partial charge in [0.25, 0.3) is 5.91 Å². The second kappa shape index (κ2) is 7.39. The first kappa shape index (κ1) is 15.8. The lowest BCUT2D eigenvalue weighted by Gasteiger charge is -2.13. The molecular weight excluding hydrogens is 290 g/mol. The number of methoxy groups -OCH3 is 1. The molecule has 0 aliphatic carbocycles. The summed E-state index contributed by atoms with van der Waals surface area (Å²) in [6.45, 7) is 0. The van der Waals surface area contributed by atoms with Crippen molar-refractivity contribution in [2.24, 2.45) is 0 Å². The van der Waals surface area contributed by atoms with Gasteiger partial charge in [-0.2, -0.15) is 0 Å². The second-order valence-corrected chi connectivity index (χ2v) is 4.09. The highest BCUT2D eigenvalue weighted by Crippen LogP contribution is 2.04. The monoisotopic (exact) mass is 301 g/mol. The Labute approximate surface area is 119 Å². The number of aromatic nitrogens is 2. The number of rotatable bonds is 6. The largest absolute Gasteiger partial charge is 0.480 e. The molecule has 20 heavy (non-hydrogen) atoms. The van der Waals surface area contributed by atoms with Gasteiger partial charge in [-0.05, 0) is 6.42 Å². The van der Waals surface area contributed by atoms with Gasteiger partial charge in [0.1, 0.15) is 16.9 Å². The topological polar surface area (TPSA) is 118 Å². The Bertz CT molecular complexity index is 505. The number of nitrogens with zero attached hydrogens (tertiary/aromatic N) is 2. The highest BCUT2D eigenvalue weighted by molar-refractivity contribution is 6.29. The van der Waals surface area contributed by atoms with Crippen molar-refractivity contribution in [3.63, 3.8) is 0 Å². The van der Waals surface area contributed by atoms with Gasteiger partial charge in [-0.15, -0.1) is 0 Å². The zero-order chi connectivity index (χ0) is 15.1. The summed E-state index contributed by atoms with van der Waals surface area (Å²) < 4.78 is 4.40. The number of hydrogen-bond acceptors (Lipinski definition) is 6. The van der Waals surface area contributed by atoms with Gasteiger partial charge in [-0.1, -0.05) is 11.6 Å². The number of ether oxygens (including phenoxy) is 1. The van der Waals surface area contributed by atoms with E-state index < -0.39 is 23.9 Å². The van der Waals surface area contributed by atoms with Gasteiger partial charge in [-0.3, -0.25) is 9.59 Å². The Morgan fingerprint density at radius 3 is 2.60 bits per heavy atom. The minimum absolute atomic E-state index is 0.0706. The van der Waals surface area contributed by atoms with Crippen molar-refractivity contribution in [1.29, 1.82) is 0 Å². The molecule has 1 amide bonds. The van der Waals surface area contributed by atoms with E-state index in [0.29, 0.717) is 0 Å². The van der Waals surface area contributed by atoms with Gasteiger partial charge in [-0.25, -0.2) is 14.8 Å². The summed E-state index contributed by atoms with van der Waals surface area (Å²) in [7, 11) is 1.19. The predicted molar refractivity (Wildman–Crippen MR) is 67.2 cm³/mol. The lowest BCUT2D eigenvalue weighted by atomic mass is 10.1. The van der Waals surface area contributed by atoms with Crippen LogP contribution in [0.1, 0.15) is 23.3 Å². The molecule has 2 N–H and O–H groups in total. The molecule has 1 heterocycles. The van der Waals surface area contributed by atoms with Crippen LogP contribution in [0.4, 0.5) is 0 Å². The molecule has 0 saturated heterocycles. The first-order chi connectivity index (χ1) is 9.43. The molecule has 0 unspecified atom stereocenters. The van der Waals surface area contributed by atoms with Crippen LogP contribution in [0.25, 0.3) is 0 Å². The van der Waals surface area contributed by atoms with Crippen LogP contribution in [0.2, 0.25) is 5.15 Å². The quantitative estimate of drug-likeness (QED) is 0.724. The molecule has 0 aliphatic heterocycles. The van der Waals surface area contributed by atoms with E-state index in [9.17, 15) is 14.4 Å². The van der Waals surface area contributed by atoms with Crippen molar-refractivity contribution in [2.45, 2.75) is 18.9 Å². The number of carbonyl (C=O) groups excluding carboxylic acids is 2. The van der Waals surface area contributed by atoms with Crippen molar-refractivity contribution in [3.05, 3.63) is 23.2 Å². The molecule has 8 nitrogen and oxygen atoms in total. The zero-order valence-electron chi connectivity index (χ0n) is 10.5. The van der Waals surface area contributed by atoms with Gasteiger partial charge < -0.3 is 15.2 Å². The SMILES string of the molecule is COC(=O)CC[C@@H](NC(=O)c1cnc(Cl)cn1)C(=O)O. The third-order valence-electron chi connectivity index (χ3n) is 2.32. The third-order valence-corrected chi connectivity index (χ3v) is 2.52. The minimum atomic E-state index is -1.26. The first-order valence-corrected chi connectivity index (χ1v) is 5.90. The lowest BCUT2D eigenvalue weighted by molar-refractivity contribution is -0.142. The molecule has 1 rings (SSSR count). The first-order valence-electron chi connectivity index (χ1n) is 5.52. The lowest BCUT2D eigenvalue weighted by Crippen LogP contribution is -2.41. The molecule has 9 heteroatoms. The molecule has 0 radical (unpaired) electrons. The molecule has 1 aromatic heterocycles. The maximum atomic E-state index is 11.7. The summed E-state index contributed by atoms with van der Waals surface area (Å²) in [5.41, 5.74) is -0.0706. The summed E-state index contributed by atoms with van der Waals surface area (Å²) in [6, 6.07) is -1.22. The zero-order valence-corrected chi connectivity index (χ0v) is 11.3. The number of hydrogen-bond donors (Lipinski definition) is 2. The molecule has 0 aromatic carbocycles. The van der Waals surface area contributed by atoms with Gasteiger partial charge in [0.05, 0.1) is 19.5 Å². The highest BCUT2D eigenvalue weighted by Gasteiger charge is 2.22. The number of carboxylic acids is 1. The number of halogens is 1. The van der Waals surface area contributed by atoms with Crippen molar-refractivity contribution in [3.8, 4) is 0 Å². The van der Waals surface area contributed by atoms with Crippen LogP contribution in [0.3, 0.4) is 0 Å². The van der Waals surface area contributed by atoms with Crippen molar-refractivity contribution in [1.82, 2.24) is 15.3 Å².